The number of hydrogen-bond acceptors (Lipinski definition) is 3. The van der Waals surface area contributed by atoms with Gasteiger partial charge < -0.3 is 15.4 Å². The lowest BCUT2D eigenvalue weighted by Gasteiger charge is -2.24. The van der Waals surface area contributed by atoms with Crippen LogP contribution in [0, 0.1) is 5.92 Å². The number of amides is 1. The van der Waals surface area contributed by atoms with Crippen LogP contribution in [0.25, 0.3) is 0 Å². The Morgan fingerprint density at radius 3 is 2.79 bits per heavy atom. The fourth-order valence-electron chi connectivity index (χ4n) is 3.01. The van der Waals surface area contributed by atoms with Crippen LogP contribution in [0.1, 0.15) is 51.9 Å². The Hall–Kier alpha value is -0.610. The standard InChI is InChI=1S/C15H28N2O2/c1-12(19-10-8-13-7-9-16-11-13)15(18)17-14-5-3-2-4-6-14/h12-14,16H,2-11H2,1H3,(H,17,18). The van der Waals surface area contributed by atoms with E-state index in [9.17, 15) is 4.79 Å². The number of ether oxygens (including phenoxy) is 1. The molecule has 1 amide bonds. The van der Waals surface area contributed by atoms with Crippen LogP contribution in [-0.2, 0) is 9.53 Å². The van der Waals surface area contributed by atoms with E-state index >= 15 is 0 Å². The van der Waals surface area contributed by atoms with E-state index in [0.29, 0.717) is 12.6 Å². The molecule has 0 spiro atoms. The van der Waals surface area contributed by atoms with Gasteiger partial charge in [0.1, 0.15) is 6.10 Å². The molecule has 0 aromatic carbocycles. The summed E-state index contributed by atoms with van der Waals surface area (Å²) in [7, 11) is 0. The molecule has 1 saturated heterocycles. The van der Waals surface area contributed by atoms with E-state index in [1.807, 2.05) is 6.92 Å². The normalized spacial score (nSPS) is 26.3. The van der Waals surface area contributed by atoms with E-state index in [4.69, 9.17) is 4.74 Å². The van der Waals surface area contributed by atoms with Gasteiger partial charge in [-0.05, 0) is 51.6 Å². The van der Waals surface area contributed by atoms with E-state index in [2.05, 4.69) is 10.6 Å². The fourth-order valence-corrected chi connectivity index (χ4v) is 3.01. The minimum atomic E-state index is -0.309. The lowest BCUT2D eigenvalue weighted by Crippen LogP contribution is -2.42. The average Bonchev–Trinajstić information content (AvgIpc) is 2.93. The van der Waals surface area contributed by atoms with Crippen LogP contribution in [0.4, 0.5) is 0 Å². The van der Waals surface area contributed by atoms with Crippen LogP contribution in [0.2, 0.25) is 0 Å². The van der Waals surface area contributed by atoms with Gasteiger partial charge >= 0.3 is 0 Å². The number of rotatable bonds is 6. The van der Waals surface area contributed by atoms with Gasteiger partial charge in [-0.1, -0.05) is 19.3 Å². The predicted octanol–water partition coefficient (Wildman–Crippen LogP) is 1.84. The van der Waals surface area contributed by atoms with Crippen molar-refractivity contribution in [3.05, 3.63) is 0 Å². The molecule has 19 heavy (non-hydrogen) atoms. The smallest absolute Gasteiger partial charge is 0.249 e. The Morgan fingerprint density at radius 1 is 1.32 bits per heavy atom. The van der Waals surface area contributed by atoms with Gasteiger partial charge in [-0.25, -0.2) is 0 Å². The summed E-state index contributed by atoms with van der Waals surface area (Å²) in [5.74, 6) is 0.796. The number of nitrogens with one attached hydrogen (secondary N) is 2. The Balaban J connectivity index is 1.58. The summed E-state index contributed by atoms with van der Waals surface area (Å²) >= 11 is 0. The number of carbonyl (C=O) groups excluding carboxylic acids is 1. The first kappa shape index (κ1) is 14.8. The summed E-state index contributed by atoms with van der Waals surface area (Å²) in [6, 6.07) is 0.381. The molecule has 0 radical (unpaired) electrons. The topological polar surface area (TPSA) is 50.4 Å². The van der Waals surface area contributed by atoms with Crippen molar-refractivity contribution in [3.63, 3.8) is 0 Å². The number of hydrogen-bond donors (Lipinski definition) is 2. The third-order valence-electron chi connectivity index (χ3n) is 4.38. The first-order chi connectivity index (χ1) is 9.25. The van der Waals surface area contributed by atoms with E-state index in [1.54, 1.807) is 0 Å². The van der Waals surface area contributed by atoms with Crippen LogP contribution in [0.3, 0.4) is 0 Å². The second kappa shape index (κ2) is 7.85. The van der Waals surface area contributed by atoms with E-state index in [-0.39, 0.29) is 12.0 Å². The molecule has 4 nitrogen and oxygen atoms in total. The Bertz CT molecular complexity index is 271. The lowest BCUT2D eigenvalue weighted by molar-refractivity contribution is -0.132. The highest BCUT2D eigenvalue weighted by molar-refractivity contribution is 5.80. The number of carbonyl (C=O) groups is 1. The van der Waals surface area contributed by atoms with Gasteiger partial charge in [0.2, 0.25) is 5.91 Å². The molecule has 110 valence electrons. The van der Waals surface area contributed by atoms with Gasteiger partial charge in [0.05, 0.1) is 0 Å². The Kier molecular flexibility index (Phi) is 6.11. The third kappa shape index (κ3) is 5.11. The van der Waals surface area contributed by atoms with Crippen molar-refractivity contribution in [2.24, 2.45) is 5.92 Å². The van der Waals surface area contributed by atoms with Crippen molar-refractivity contribution in [3.8, 4) is 0 Å². The molecule has 2 aliphatic rings. The zero-order valence-electron chi connectivity index (χ0n) is 12.1. The Labute approximate surface area is 116 Å². The molecular formula is C15H28N2O2. The largest absolute Gasteiger partial charge is 0.369 e. The maximum absolute atomic E-state index is 12.0. The highest BCUT2D eigenvalue weighted by atomic mass is 16.5. The third-order valence-corrected chi connectivity index (χ3v) is 4.38. The quantitative estimate of drug-likeness (QED) is 0.773. The molecule has 0 aromatic heterocycles. The molecular weight excluding hydrogens is 240 g/mol. The Morgan fingerprint density at radius 2 is 2.11 bits per heavy atom. The monoisotopic (exact) mass is 268 g/mol. The molecule has 2 N–H and O–H groups in total. The predicted molar refractivity (Wildman–Crippen MR) is 76.0 cm³/mol. The van der Waals surface area contributed by atoms with E-state index in [1.165, 1.54) is 25.7 Å². The van der Waals surface area contributed by atoms with Gasteiger partial charge in [0, 0.05) is 12.6 Å². The first-order valence-electron chi connectivity index (χ1n) is 7.88. The van der Waals surface area contributed by atoms with Crippen molar-refractivity contribution in [2.75, 3.05) is 19.7 Å². The van der Waals surface area contributed by atoms with Crippen LogP contribution >= 0.6 is 0 Å². The summed E-state index contributed by atoms with van der Waals surface area (Å²) < 4.78 is 5.67. The summed E-state index contributed by atoms with van der Waals surface area (Å²) in [5.41, 5.74) is 0. The average molecular weight is 268 g/mol. The molecule has 1 saturated carbocycles. The summed E-state index contributed by atoms with van der Waals surface area (Å²) in [4.78, 5) is 12.0. The molecule has 0 bridgehead atoms. The minimum Gasteiger partial charge on any atom is -0.369 e. The molecule has 2 unspecified atom stereocenters. The van der Waals surface area contributed by atoms with Crippen LogP contribution in [0.5, 0.6) is 0 Å². The highest BCUT2D eigenvalue weighted by Crippen LogP contribution is 2.17. The van der Waals surface area contributed by atoms with Gasteiger partial charge in [-0.3, -0.25) is 4.79 Å². The zero-order chi connectivity index (χ0) is 13.5. The summed E-state index contributed by atoms with van der Waals surface area (Å²) in [6.45, 7) is 4.80. The first-order valence-corrected chi connectivity index (χ1v) is 7.88. The van der Waals surface area contributed by atoms with Crippen molar-refractivity contribution in [1.29, 1.82) is 0 Å². The van der Waals surface area contributed by atoms with Crippen molar-refractivity contribution >= 4 is 5.91 Å². The van der Waals surface area contributed by atoms with Gasteiger partial charge in [-0.2, -0.15) is 0 Å². The van der Waals surface area contributed by atoms with Crippen molar-refractivity contribution in [2.45, 2.75) is 64.0 Å². The van der Waals surface area contributed by atoms with Crippen molar-refractivity contribution in [1.82, 2.24) is 10.6 Å². The molecule has 1 aliphatic heterocycles. The molecule has 1 aliphatic carbocycles. The SMILES string of the molecule is CC(OCCC1CCNC1)C(=O)NC1CCCCC1. The van der Waals surface area contributed by atoms with Gasteiger partial charge in [0.15, 0.2) is 0 Å². The summed E-state index contributed by atoms with van der Waals surface area (Å²) in [6.07, 6.45) is 8.06. The van der Waals surface area contributed by atoms with Crippen LogP contribution in [0.15, 0.2) is 0 Å². The van der Waals surface area contributed by atoms with Crippen LogP contribution < -0.4 is 10.6 Å². The maximum atomic E-state index is 12.0. The second-order valence-corrected chi connectivity index (χ2v) is 6.00. The summed E-state index contributed by atoms with van der Waals surface area (Å²) in [5, 5.41) is 6.47. The van der Waals surface area contributed by atoms with Gasteiger partial charge in [0.25, 0.3) is 0 Å². The molecule has 2 rings (SSSR count). The second-order valence-electron chi connectivity index (χ2n) is 6.00. The van der Waals surface area contributed by atoms with Crippen molar-refractivity contribution < 1.29 is 9.53 Å². The highest BCUT2D eigenvalue weighted by Gasteiger charge is 2.20. The fraction of sp³-hybridized carbons (Fsp3) is 0.933. The van der Waals surface area contributed by atoms with E-state index in [0.717, 1.165) is 38.3 Å². The lowest BCUT2D eigenvalue weighted by atomic mass is 9.95. The molecule has 1 heterocycles. The van der Waals surface area contributed by atoms with Gasteiger partial charge in [-0.15, -0.1) is 0 Å². The van der Waals surface area contributed by atoms with Crippen LogP contribution in [-0.4, -0.2) is 37.7 Å². The van der Waals surface area contributed by atoms with E-state index < -0.39 is 0 Å². The minimum absolute atomic E-state index is 0.0662. The molecule has 0 aromatic rings. The molecule has 2 atom stereocenters. The molecule has 2 fully saturated rings. The maximum Gasteiger partial charge on any atom is 0.249 e. The zero-order valence-corrected chi connectivity index (χ0v) is 12.1. The molecule has 4 heteroatoms.